The van der Waals surface area contributed by atoms with E-state index in [1.54, 1.807) is 13.3 Å². The molecular weight excluding hydrogens is 200 g/mol. The van der Waals surface area contributed by atoms with Crippen LogP contribution in [-0.2, 0) is 0 Å². The Kier molecular flexibility index (Phi) is 6.92. The van der Waals surface area contributed by atoms with Gasteiger partial charge in [-0.3, -0.25) is 4.99 Å². The summed E-state index contributed by atoms with van der Waals surface area (Å²) in [5.41, 5.74) is 4.48. The molecule has 90 valence electrons. The van der Waals surface area contributed by atoms with Gasteiger partial charge >= 0.3 is 0 Å². The average Bonchev–Trinajstić information content (AvgIpc) is 2.29. The van der Waals surface area contributed by atoms with Crippen LogP contribution in [0.15, 0.2) is 32.5 Å². The van der Waals surface area contributed by atoms with Crippen LogP contribution in [-0.4, -0.2) is 33.7 Å². The van der Waals surface area contributed by atoms with Crippen LogP contribution in [0, 0.1) is 0 Å². The first-order chi connectivity index (χ1) is 7.58. The van der Waals surface area contributed by atoms with Crippen LogP contribution in [0.2, 0.25) is 0 Å². The molecule has 0 aromatic heterocycles. The van der Waals surface area contributed by atoms with E-state index >= 15 is 0 Å². The Morgan fingerprint density at radius 3 is 2.12 bits per heavy atom. The summed E-state index contributed by atoms with van der Waals surface area (Å²) in [6.45, 7) is 6.14. The maximum absolute atomic E-state index is 4.07. The zero-order valence-corrected chi connectivity index (χ0v) is 11.0. The molecule has 0 atom stereocenters. The number of allylic oxidation sites excluding steroid dienone is 3. The molecule has 0 unspecified atom stereocenters. The fourth-order valence-corrected chi connectivity index (χ4v) is 1.33. The van der Waals surface area contributed by atoms with Crippen LogP contribution < -0.4 is 10.6 Å². The summed E-state index contributed by atoms with van der Waals surface area (Å²) in [6.07, 6.45) is 3.33. The molecule has 0 heterocycles. The summed E-state index contributed by atoms with van der Waals surface area (Å²) >= 11 is 0. The molecule has 2 N–H and O–H groups in total. The van der Waals surface area contributed by atoms with Gasteiger partial charge in [0.1, 0.15) is 6.34 Å². The van der Waals surface area contributed by atoms with Crippen molar-refractivity contribution in [3.05, 3.63) is 22.5 Å². The normalized spacial score (nSPS) is 15.1. The number of nitrogens with one attached hydrogen (secondary N) is 2. The second-order valence-electron chi connectivity index (χ2n) is 3.46. The molecule has 0 aliphatic heterocycles. The molecule has 0 aromatic rings. The minimum Gasteiger partial charge on any atom is -0.391 e. The second-order valence-corrected chi connectivity index (χ2v) is 3.46. The maximum Gasteiger partial charge on any atom is 0.109 e. The molecule has 0 amide bonds. The van der Waals surface area contributed by atoms with Crippen molar-refractivity contribution in [2.45, 2.75) is 20.8 Å². The Morgan fingerprint density at radius 1 is 1.06 bits per heavy atom. The zero-order valence-electron chi connectivity index (χ0n) is 11.0. The molecule has 4 nitrogen and oxygen atoms in total. The van der Waals surface area contributed by atoms with Crippen LogP contribution in [0.3, 0.4) is 0 Å². The average molecular weight is 222 g/mol. The lowest BCUT2D eigenvalue weighted by Gasteiger charge is -2.13. The van der Waals surface area contributed by atoms with E-state index in [9.17, 15) is 0 Å². The molecule has 0 radical (unpaired) electrons. The number of hydrogen-bond acceptors (Lipinski definition) is 3. The molecule has 16 heavy (non-hydrogen) atoms. The highest BCUT2D eigenvalue weighted by Gasteiger charge is 2.04. The topological polar surface area (TPSA) is 48.8 Å². The van der Waals surface area contributed by atoms with Crippen LogP contribution in [0.4, 0.5) is 0 Å². The standard InChI is InChI=1S/C12H22N4/c1-9(7-16-8-13-4)12(15-6)10(2)11(3)14-5/h7-8,14-15H,1-6H3/b11-10+,12-9?,13-8?,16-7?. The van der Waals surface area contributed by atoms with Crippen molar-refractivity contribution in [3.8, 4) is 0 Å². The molecule has 0 rings (SSSR count). The smallest absolute Gasteiger partial charge is 0.109 e. The molecular formula is C12H22N4. The van der Waals surface area contributed by atoms with Gasteiger partial charge in [-0.05, 0) is 31.9 Å². The summed E-state index contributed by atoms with van der Waals surface area (Å²) in [4.78, 5) is 7.87. The first-order valence-corrected chi connectivity index (χ1v) is 5.26. The van der Waals surface area contributed by atoms with Gasteiger partial charge in [-0.15, -0.1) is 0 Å². The molecule has 0 saturated carbocycles. The molecule has 0 aromatic carbocycles. The van der Waals surface area contributed by atoms with Crippen LogP contribution in [0.25, 0.3) is 0 Å². The van der Waals surface area contributed by atoms with Crippen molar-refractivity contribution in [2.24, 2.45) is 9.98 Å². The van der Waals surface area contributed by atoms with Gasteiger partial charge < -0.3 is 10.6 Å². The van der Waals surface area contributed by atoms with Gasteiger partial charge in [0.25, 0.3) is 0 Å². The van der Waals surface area contributed by atoms with Gasteiger partial charge in [0.05, 0.1) is 0 Å². The second kappa shape index (κ2) is 7.68. The Labute approximate surface area is 98.3 Å². The van der Waals surface area contributed by atoms with E-state index in [-0.39, 0.29) is 0 Å². The highest BCUT2D eigenvalue weighted by Crippen LogP contribution is 2.12. The number of aliphatic imine (C=N–C) groups is 2. The molecule has 0 fully saturated rings. The SMILES string of the molecule is CN=CN=CC(C)=C(NC)/C(C)=C(\C)NC. The van der Waals surface area contributed by atoms with E-state index in [4.69, 9.17) is 0 Å². The Hall–Kier alpha value is -1.58. The quantitative estimate of drug-likeness (QED) is 0.423. The van der Waals surface area contributed by atoms with E-state index in [1.165, 1.54) is 11.9 Å². The van der Waals surface area contributed by atoms with Crippen molar-refractivity contribution in [1.82, 2.24) is 10.6 Å². The van der Waals surface area contributed by atoms with Gasteiger partial charge in [-0.1, -0.05) is 0 Å². The number of rotatable bonds is 5. The highest BCUT2D eigenvalue weighted by atomic mass is 14.9. The van der Waals surface area contributed by atoms with E-state index < -0.39 is 0 Å². The van der Waals surface area contributed by atoms with E-state index in [0.717, 1.165) is 17.0 Å². The third-order valence-corrected chi connectivity index (χ3v) is 2.41. The van der Waals surface area contributed by atoms with E-state index in [0.29, 0.717) is 0 Å². The summed E-state index contributed by atoms with van der Waals surface area (Å²) in [5.74, 6) is 0. The number of nitrogens with zero attached hydrogens (tertiary/aromatic N) is 2. The molecule has 0 bridgehead atoms. The molecule has 0 saturated heterocycles. The van der Waals surface area contributed by atoms with Gasteiger partial charge in [-0.25, -0.2) is 4.99 Å². The summed E-state index contributed by atoms with van der Waals surface area (Å²) in [6, 6.07) is 0. The largest absolute Gasteiger partial charge is 0.391 e. The summed E-state index contributed by atoms with van der Waals surface area (Å²) in [5, 5.41) is 6.33. The predicted octanol–water partition coefficient (Wildman–Crippen LogP) is 1.72. The number of hydrogen-bond donors (Lipinski definition) is 2. The minimum absolute atomic E-state index is 1.08. The Morgan fingerprint density at radius 2 is 1.69 bits per heavy atom. The fraction of sp³-hybridized carbons (Fsp3) is 0.500. The van der Waals surface area contributed by atoms with Crippen molar-refractivity contribution >= 4 is 12.6 Å². The van der Waals surface area contributed by atoms with Crippen LogP contribution in [0.5, 0.6) is 0 Å². The number of likely N-dealkylation sites (N-methyl/N-ethyl adjacent to an activating group) is 1. The van der Waals surface area contributed by atoms with Crippen molar-refractivity contribution < 1.29 is 0 Å². The fourth-order valence-electron chi connectivity index (χ4n) is 1.33. The molecule has 4 heteroatoms. The first-order valence-electron chi connectivity index (χ1n) is 5.26. The highest BCUT2D eigenvalue weighted by molar-refractivity contribution is 5.85. The summed E-state index contributed by atoms with van der Waals surface area (Å²) < 4.78 is 0. The van der Waals surface area contributed by atoms with Crippen molar-refractivity contribution in [1.29, 1.82) is 0 Å². The van der Waals surface area contributed by atoms with Crippen molar-refractivity contribution in [2.75, 3.05) is 21.1 Å². The van der Waals surface area contributed by atoms with Gasteiger partial charge in [0.15, 0.2) is 0 Å². The Balaban J connectivity index is 5.17. The first kappa shape index (κ1) is 14.4. The lowest BCUT2D eigenvalue weighted by Crippen LogP contribution is -2.15. The zero-order chi connectivity index (χ0) is 12.6. The molecule has 0 aliphatic rings. The van der Waals surface area contributed by atoms with E-state index in [2.05, 4.69) is 27.5 Å². The van der Waals surface area contributed by atoms with Crippen molar-refractivity contribution in [3.63, 3.8) is 0 Å². The summed E-state index contributed by atoms with van der Waals surface area (Å²) in [7, 11) is 5.53. The lowest BCUT2D eigenvalue weighted by atomic mass is 10.1. The predicted molar refractivity (Wildman–Crippen MR) is 72.1 cm³/mol. The van der Waals surface area contributed by atoms with Gasteiger partial charge in [0.2, 0.25) is 0 Å². The minimum atomic E-state index is 1.08. The monoisotopic (exact) mass is 222 g/mol. The van der Waals surface area contributed by atoms with E-state index in [1.807, 2.05) is 27.9 Å². The van der Waals surface area contributed by atoms with Crippen LogP contribution in [0.1, 0.15) is 20.8 Å². The third-order valence-electron chi connectivity index (χ3n) is 2.41. The van der Waals surface area contributed by atoms with Gasteiger partial charge in [0, 0.05) is 38.8 Å². The molecule has 0 spiro atoms. The molecule has 0 aliphatic carbocycles. The van der Waals surface area contributed by atoms with Gasteiger partial charge in [-0.2, -0.15) is 0 Å². The maximum atomic E-state index is 4.07. The Bertz CT molecular complexity index is 335. The van der Waals surface area contributed by atoms with Crippen LogP contribution >= 0.6 is 0 Å². The lowest BCUT2D eigenvalue weighted by molar-refractivity contribution is 0.914. The third kappa shape index (κ3) is 4.29.